The van der Waals surface area contributed by atoms with E-state index in [1.54, 1.807) is 22.8 Å². The number of pyridine rings is 1. The maximum Gasteiger partial charge on any atom is 0.275 e. The van der Waals surface area contributed by atoms with E-state index in [1.807, 2.05) is 11.0 Å². The second-order valence-electron chi connectivity index (χ2n) is 7.34. The molecule has 5 rings (SSSR count). The molecule has 3 aromatic rings. The summed E-state index contributed by atoms with van der Waals surface area (Å²) in [4.78, 5) is 15.2. The second-order valence-corrected chi connectivity index (χ2v) is 7.77. The van der Waals surface area contributed by atoms with Crippen LogP contribution in [0.2, 0.25) is 5.02 Å². The van der Waals surface area contributed by atoms with E-state index in [-0.39, 0.29) is 11.9 Å². The zero-order valence-electron chi connectivity index (χ0n) is 15.0. The van der Waals surface area contributed by atoms with Crippen LogP contribution in [0.25, 0.3) is 5.52 Å². The molecule has 0 bridgehead atoms. The first-order valence-electron chi connectivity index (χ1n) is 9.58. The summed E-state index contributed by atoms with van der Waals surface area (Å²) in [6.07, 6.45) is 8.07. The zero-order valence-corrected chi connectivity index (χ0v) is 15.8. The van der Waals surface area contributed by atoms with Crippen molar-refractivity contribution in [3.8, 4) is 0 Å². The largest absolute Gasteiger partial charge is 0.327 e. The van der Waals surface area contributed by atoms with E-state index < -0.39 is 0 Å². The minimum atomic E-state index is -0.0484. The topological polar surface area (TPSA) is 68.3 Å². The Morgan fingerprint density at radius 2 is 2.00 bits per heavy atom. The van der Waals surface area contributed by atoms with Crippen molar-refractivity contribution >= 4 is 23.0 Å². The number of carbonyl (C=O) groups excluding carboxylic acids is 1. The van der Waals surface area contributed by atoms with Crippen LogP contribution in [0.5, 0.6) is 0 Å². The Morgan fingerprint density at radius 3 is 2.93 bits per heavy atom. The number of hydrogen-bond acceptors (Lipinski definition) is 4. The first kappa shape index (κ1) is 16.7. The van der Waals surface area contributed by atoms with Crippen LogP contribution in [0.4, 0.5) is 0 Å². The lowest BCUT2D eigenvalue weighted by Crippen LogP contribution is -2.40. The van der Waals surface area contributed by atoms with Gasteiger partial charge in [0.2, 0.25) is 0 Å². The molecule has 1 amide bonds. The molecule has 0 aromatic carbocycles. The van der Waals surface area contributed by atoms with E-state index in [1.165, 1.54) is 0 Å². The van der Waals surface area contributed by atoms with Crippen molar-refractivity contribution in [2.24, 2.45) is 0 Å². The van der Waals surface area contributed by atoms with Gasteiger partial charge >= 0.3 is 0 Å². The monoisotopic (exact) mass is 384 g/mol. The molecule has 8 heteroatoms. The Balaban J connectivity index is 1.49. The molecule has 1 unspecified atom stereocenters. The standard InChI is InChI=1S/C19H21ClN6O/c20-13-7-10-26-14(11-13)12-15(23-26)19(27)24-8-3-1-5-16(24)18-22-21-17-6-2-4-9-25(17)18/h7,10-12,16H,1-6,8-9H2. The summed E-state index contributed by atoms with van der Waals surface area (Å²) in [5.74, 6) is 1.94. The number of nitrogens with zero attached hydrogens (tertiary/aromatic N) is 6. The van der Waals surface area contributed by atoms with Crippen molar-refractivity contribution in [1.82, 2.24) is 29.3 Å². The summed E-state index contributed by atoms with van der Waals surface area (Å²) >= 11 is 6.06. The number of halogens is 1. The number of fused-ring (bicyclic) bond motifs is 2. The quantitative estimate of drug-likeness (QED) is 0.680. The van der Waals surface area contributed by atoms with Crippen LogP contribution in [-0.2, 0) is 13.0 Å². The fourth-order valence-electron chi connectivity index (χ4n) is 4.24. The summed E-state index contributed by atoms with van der Waals surface area (Å²) in [6.45, 7) is 1.67. The minimum absolute atomic E-state index is 0.0287. The number of piperidine rings is 1. The van der Waals surface area contributed by atoms with E-state index in [9.17, 15) is 4.79 Å². The molecule has 3 aromatic heterocycles. The van der Waals surface area contributed by atoms with Crippen molar-refractivity contribution < 1.29 is 4.79 Å². The first-order valence-corrected chi connectivity index (χ1v) is 9.96. The Morgan fingerprint density at radius 1 is 1.11 bits per heavy atom. The van der Waals surface area contributed by atoms with Gasteiger partial charge in [0.25, 0.3) is 5.91 Å². The maximum atomic E-state index is 13.3. The molecule has 1 fully saturated rings. The van der Waals surface area contributed by atoms with Gasteiger partial charge in [0.1, 0.15) is 5.82 Å². The molecule has 27 heavy (non-hydrogen) atoms. The lowest BCUT2D eigenvalue weighted by Gasteiger charge is -2.35. The molecule has 0 aliphatic carbocycles. The van der Waals surface area contributed by atoms with Gasteiger partial charge in [0.15, 0.2) is 11.5 Å². The number of aromatic nitrogens is 5. The smallest absolute Gasteiger partial charge is 0.275 e. The zero-order chi connectivity index (χ0) is 18.4. The van der Waals surface area contributed by atoms with Crippen LogP contribution < -0.4 is 0 Å². The summed E-state index contributed by atoms with van der Waals surface area (Å²) in [6, 6.07) is 5.36. The average Bonchev–Trinajstić information content (AvgIpc) is 3.31. The number of hydrogen-bond donors (Lipinski definition) is 0. The highest BCUT2D eigenvalue weighted by Crippen LogP contribution is 2.32. The van der Waals surface area contributed by atoms with E-state index in [0.717, 1.165) is 68.8 Å². The van der Waals surface area contributed by atoms with E-state index in [0.29, 0.717) is 10.7 Å². The normalized spacial score (nSPS) is 20.0. The Labute approximate surface area is 161 Å². The Bertz CT molecular complexity index is 1010. The molecular weight excluding hydrogens is 364 g/mol. The van der Waals surface area contributed by atoms with Crippen LogP contribution in [0.1, 0.15) is 60.3 Å². The Hall–Kier alpha value is -2.41. The molecule has 1 atom stereocenters. The van der Waals surface area contributed by atoms with Gasteiger partial charge in [-0.05, 0) is 50.3 Å². The lowest BCUT2D eigenvalue weighted by atomic mass is 10.00. The van der Waals surface area contributed by atoms with Gasteiger partial charge in [-0.25, -0.2) is 4.52 Å². The maximum absolute atomic E-state index is 13.3. The number of amides is 1. The molecule has 2 aliphatic rings. The number of carbonyl (C=O) groups is 1. The number of rotatable bonds is 2. The highest BCUT2D eigenvalue weighted by molar-refractivity contribution is 6.30. The van der Waals surface area contributed by atoms with Gasteiger partial charge in [-0.2, -0.15) is 5.10 Å². The molecule has 7 nitrogen and oxygen atoms in total. The molecule has 0 spiro atoms. The molecule has 2 aliphatic heterocycles. The van der Waals surface area contributed by atoms with Crippen LogP contribution in [-0.4, -0.2) is 41.7 Å². The first-order chi connectivity index (χ1) is 13.2. The van der Waals surface area contributed by atoms with Crippen LogP contribution in [0.15, 0.2) is 24.4 Å². The van der Waals surface area contributed by atoms with Gasteiger partial charge < -0.3 is 9.47 Å². The average molecular weight is 385 g/mol. The number of likely N-dealkylation sites (tertiary alicyclic amines) is 1. The predicted molar refractivity (Wildman–Crippen MR) is 101 cm³/mol. The molecular formula is C19H21ClN6O. The SMILES string of the molecule is O=C(c1cc2cc(Cl)ccn2n1)N1CCCCC1c1nnc2n1CCCC2. The van der Waals surface area contributed by atoms with Gasteiger partial charge in [-0.3, -0.25) is 4.79 Å². The third-order valence-electron chi connectivity index (χ3n) is 5.59. The van der Waals surface area contributed by atoms with Crippen LogP contribution in [0.3, 0.4) is 0 Å². The molecule has 1 saturated heterocycles. The molecule has 0 saturated carbocycles. The highest BCUT2D eigenvalue weighted by Gasteiger charge is 2.34. The Kier molecular flexibility index (Phi) is 4.11. The van der Waals surface area contributed by atoms with Crippen molar-refractivity contribution in [1.29, 1.82) is 0 Å². The predicted octanol–water partition coefficient (Wildman–Crippen LogP) is 3.28. The summed E-state index contributed by atoms with van der Waals surface area (Å²) in [5.41, 5.74) is 1.27. The molecule has 5 heterocycles. The molecule has 0 radical (unpaired) electrons. The molecule has 140 valence electrons. The van der Waals surface area contributed by atoms with Crippen molar-refractivity contribution in [3.05, 3.63) is 46.8 Å². The van der Waals surface area contributed by atoms with E-state index in [2.05, 4.69) is 19.9 Å². The van der Waals surface area contributed by atoms with E-state index >= 15 is 0 Å². The third-order valence-corrected chi connectivity index (χ3v) is 5.83. The lowest BCUT2D eigenvalue weighted by molar-refractivity contribution is 0.0587. The summed E-state index contributed by atoms with van der Waals surface area (Å²) < 4.78 is 3.92. The van der Waals surface area contributed by atoms with Gasteiger partial charge in [-0.1, -0.05) is 11.6 Å². The third kappa shape index (κ3) is 2.90. The van der Waals surface area contributed by atoms with Crippen molar-refractivity contribution in [2.75, 3.05) is 6.54 Å². The van der Waals surface area contributed by atoms with Crippen LogP contribution >= 0.6 is 11.6 Å². The summed E-state index contributed by atoms with van der Waals surface area (Å²) in [5, 5.41) is 13.9. The fourth-order valence-corrected chi connectivity index (χ4v) is 4.41. The fraction of sp³-hybridized carbons (Fsp3) is 0.474. The minimum Gasteiger partial charge on any atom is -0.327 e. The van der Waals surface area contributed by atoms with Crippen LogP contribution in [0, 0.1) is 0 Å². The van der Waals surface area contributed by atoms with Crippen molar-refractivity contribution in [2.45, 2.75) is 51.1 Å². The van der Waals surface area contributed by atoms with E-state index in [4.69, 9.17) is 11.6 Å². The van der Waals surface area contributed by atoms with Gasteiger partial charge in [0, 0.05) is 30.7 Å². The highest BCUT2D eigenvalue weighted by atomic mass is 35.5. The second kappa shape index (κ2) is 6.64. The van der Waals surface area contributed by atoms with Gasteiger partial charge in [-0.15, -0.1) is 10.2 Å². The summed E-state index contributed by atoms with van der Waals surface area (Å²) in [7, 11) is 0. The van der Waals surface area contributed by atoms with Gasteiger partial charge in [0.05, 0.1) is 11.6 Å². The molecule has 0 N–H and O–H groups in total. The van der Waals surface area contributed by atoms with Crippen molar-refractivity contribution in [3.63, 3.8) is 0 Å². The number of aryl methyl sites for hydroxylation is 1.